The minimum atomic E-state index is 0.567. The number of aromatic nitrogens is 5. The average molecular weight is 324 g/mol. The van der Waals surface area contributed by atoms with E-state index < -0.39 is 0 Å². The zero-order valence-corrected chi connectivity index (χ0v) is 14.4. The lowest BCUT2D eigenvalue weighted by Gasteiger charge is -2.22. The van der Waals surface area contributed by atoms with Gasteiger partial charge in [0.05, 0.1) is 12.4 Å². The summed E-state index contributed by atoms with van der Waals surface area (Å²) in [6.45, 7) is 2.98. The number of hydrogen-bond donors (Lipinski definition) is 1. The largest absolute Gasteiger partial charge is 0.370 e. The lowest BCUT2D eigenvalue weighted by Crippen LogP contribution is -2.11. The minimum Gasteiger partial charge on any atom is -0.370 e. The van der Waals surface area contributed by atoms with Crippen molar-refractivity contribution in [3.63, 3.8) is 0 Å². The van der Waals surface area contributed by atoms with Crippen molar-refractivity contribution in [2.24, 2.45) is 7.05 Å². The van der Waals surface area contributed by atoms with Gasteiger partial charge in [-0.15, -0.1) is 0 Å². The Kier molecular flexibility index (Phi) is 3.96. The Morgan fingerprint density at radius 1 is 1.17 bits per heavy atom. The third-order valence-electron chi connectivity index (χ3n) is 4.89. The summed E-state index contributed by atoms with van der Waals surface area (Å²) >= 11 is 0. The molecule has 6 nitrogen and oxygen atoms in total. The minimum absolute atomic E-state index is 0.567. The monoisotopic (exact) mass is 324 g/mol. The van der Waals surface area contributed by atoms with Gasteiger partial charge in [0, 0.05) is 48.6 Å². The van der Waals surface area contributed by atoms with Crippen LogP contribution in [-0.2, 0) is 7.05 Å². The third-order valence-corrected chi connectivity index (χ3v) is 4.89. The normalized spacial score (nSPS) is 15.9. The van der Waals surface area contributed by atoms with E-state index in [1.165, 1.54) is 37.8 Å². The molecule has 1 aliphatic rings. The molecule has 3 heterocycles. The van der Waals surface area contributed by atoms with Gasteiger partial charge in [0.25, 0.3) is 0 Å². The van der Waals surface area contributed by atoms with Gasteiger partial charge in [-0.2, -0.15) is 14.7 Å². The highest BCUT2D eigenvalue weighted by molar-refractivity contribution is 5.77. The second-order valence-electron chi connectivity index (χ2n) is 6.63. The molecular formula is C18H24N6. The van der Waals surface area contributed by atoms with E-state index in [4.69, 9.17) is 4.98 Å². The molecule has 0 radical (unpaired) electrons. The Labute approximate surface area is 141 Å². The van der Waals surface area contributed by atoms with Crippen LogP contribution in [-0.4, -0.2) is 30.9 Å². The predicted molar refractivity (Wildman–Crippen MR) is 95.2 cm³/mol. The molecule has 24 heavy (non-hydrogen) atoms. The third kappa shape index (κ3) is 2.66. The van der Waals surface area contributed by atoms with Crippen LogP contribution < -0.4 is 5.32 Å². The number of hydrogen-bond acceptors (Lipinski definition) is 4. The van der Waals surface area contributed by atoms with Crippen molar-refractivity contribution in [3.05, 3.63) is 30.4 Å². The fourth-order valence-electron chi connectivity index (χ4n) is 3.66. The molecule has 3 aromatic heterocycles. The summed E-state index contributed by atoms with van der Waals surface area (Å²) in [5, 5.41) is 12.3. The molecule has 0 aliphatic heterocycles. The molecular weight excluding hydrogens is 300 g/mol. The van der Waals surface area contributed by atoms with Gasteiger partial charge in [0.1, 0.15) is 5.82 Å². The first-order valence-electron chi connectivity index (χ1n) is 8.88. The summed E-state index contributed by atoms with van der Waals surface area (Å²) in [5.74, 6) is 1.59. The van der Waals surface area contributed by atoms with E-state index in [1.54, 1.807) is 0 Å². The molecule has 0 amide bonds. The second-order valence-corrected chi connectivity index (χ2v) is 6.63. The number of anilines is 1. The van der Waals surface area contributed by atoms with Crippen LogP contribution >= 0.6 is 0 Å². The second kappa shape index (κ2) is 6.26. The Hall–Kier alpha value is -2.37. The lowest BCUT2D eigenvalue weighted by molar-refractivity contribution is 0.437. The van der Waals surface area contributed by atoms with Crippen LogP contribution in [0.2, 0.25) is 0 Å². The number of nitrogens with one attached hydrogen (secondary N) is 1. The molecule has 1 N–H and O–H groups in total. The van der Waals surface area contributed by atoms with Crippen LogP contribution in [0.15, 0.2) is 24.7 Å². The van der Waals surface area contributed by atoms with Crippen LogP contribution in [0.4, 0.5) is 5.82 Å². The highest BCUT2D eigenvalue weighted by atomic mass is 15.3. The zero-order chi connectivity index (χ0) is 16.5. The Balaban J connectivity index is 1.85. The number of fused-ring (bicyclic) bond motifs is 1. The van der Waals surface area contributed by atoms with Gasteiger partial charge in [-0.25, -0.2) is 4.98 Å². The van der Waals surface area contributed by atoms with Crippen molar-refractivity contribution in [1.29, 1.82) is 0 Å². The Morgan fingerprint density at radius 3 is 2.71 bits per heavy atom. The van der Waals surface area contributed by atoms with Gasteiger partial charge in [-0.1, -0.05) is 19.3 Å². The molecule has 4 rings (SSSR count). The summed E-state index contributed by atoms with van der Waals surface area (Å²) in [6, 6.07) is 2.19. The van der Waals surface area contributed by atoms with Gasteiger partial charge >= 0.3 is 0 Å². The molecule has 1 aliphatic carbocycles. The molecule has 0 unspecified atom stereocenters. The quantitative estimate of drug-likeness (QED) is 0.796. The Bertz CT molecular complexity index is 840. The highest BCUT2D eigenvalue weighted by Gasteiger charge is 2.20. The van der Waals surface area contributed by atoms with Crippen LogP contribution in [0.3, 0.4) is 0 Å². The first kappa shape index (κ1) is 15.2. The fraction of sp³-hybridized carbons (Fsp3) is 0.500. The van der Waals surface area contributed by atoms with Crippen molar-refractivity contribution in [2.45, 2.75) is 44.9 Å². The van der Waals surface area contributed by atoms with Gasteiger partial charge in [0.15, 0.2) is 5.65 Å². The van der Waals surface area contributed by atoms with E-state index in [9.17, 15) is 0 Å². The zero-order valence-electron chi connectivity index (χ0n) is 14.4. The van der Waals surface area contributed by atoms with Crippen molar-refractivity contribution >= 4 is 11.5 Å². The molecule has 0 bridgehead atoms. The van der Waals surface area contributed by atoms with E-state index in [-0.39, 0.29) is 0 Å². The molecule has 1 saturated carbocycles. The van der Waals surface area contributed by atoms with Crippen molar-refractivity contribution in [2.75, 3.05) is 11.9 Å². The van der Waals surface area contributed by atoms with Crippen molar-refractivity contribution in [3.8, 4) is 11.1 Å². The lowest BCUT2D eigenvalue weighted by atomic mass is 9.87. The van der Waals surface area contributed by atoms with Crippen LogP contribution in [0.25, 0.3) is 16.8 Å². The maximum atomic E-state index is 5.01. The fourth-order valence-corrected chi connectivity index (χ4v) is 3.66. The summed E-state index contributed by atoms with van der Waals surface area (Å²) in [4.78, 5) is 5.01. The molecule has 126 valence electrons. The average Bonchev–Trinajstić information content (AvgIpc) is 3.22. The summed E-state index contributed by atoms with van der Waals surface area (Å²) in [7, 11) is 1.93. The molecule has 0 spiro atoms. The van der Waals surface area contributed by atoms with E-state index in [0.29, 0.717) is 5.92 Å². The van der Waals surface area contributed by atoms with Crippen molar-refractivity contribution in [1.82, 2.24) is 24.4 Å². The first-order chi connectivity index (χ1) is 11.8. The first-order valence-corrected chi connectivity index (χ1v) is 8.88. The van der Waals surface area contributed by atoms with Gasteiger partial charge in [-0.05, 0) is 19.8 Å². The van der Waals surface area contributed by atoms with Gasteiger partial charge < -0.3 is 5.32 Å². The summed E-state index contributed by atoms with van der Waals surface area (Å²) in [6.07, 6.45) is 12.2. The maximum absolute atomic E-state index is 5.01. The van der Waals surface area contributed by atoms with Crippen LogP contribution in [0.5, 0.6) is 0 Å². The molecule has 3 aromatic rings. The summed E-state index contributed by atoms with van der Waals surface area (Å²) in [5.41, 5.74) is 4.22. The number of aryl methyl sites for hydroxylation is 1. The SMILES string of the molecule is CCNc1cc(C2CCCCC2)nc2c(-c3cnn(C)c3)cnn12. The molecule has 6 heteroatoms. The van der Waals surface area contributed by atoms with E-state index in [1.807, 2.05) is 34.8 Å². The van der Waals surface area contributed by atoms with Gasteiger partial charge in [0.2, 0.25) is 0 Å². The van der Waals surface area contributed by atoms with Gasteiger partial charge in [-0.3, -0.25) is 4.68 Å². The number of rotatable bonds is 4. The smallest absolute Gasteiger partial charge is 0.165 e. The topological polar surface area (TPSA) is 60.0 Å². The molecule has 0 atom stereocenters. The van der Waals surface area contributed by atoms with Crippen LogP contribution in [0.1, 0.15) is 50.6 Å². The maximum Gasteiger partial charge on any atom is 0.165 e. The van der Waals surface area contributed by atoms with Crippen LogP contribution in [0, 0.1) is 0 Å². The van der Waals surface area contributed by atoms with E-state index in [0.717, 1.165) is 29.1 Å². The number of nitrogens with zero attached hydrogens (tertiary/aromatic N) is 5. The molecule has 0 saturated heterocycles. The Morgan fingerprint density at radius 2 is 2.00 bits per heavy atom. The highest BCUT2D eigenvalue weighted by Crippen LogP contribution is 2.34. The standard InChI is InChI=1S/C18H24N6/c1-3-19-17-9-16(13-7-5-4-6-8-13)22-18-15(11-21-24(17)18)14-10-20-23(2)12-14/h9-13,19H,3-8H2,1-2H3. The van der Waals surface area contributed by atoms with Crippen molar-refractivity contribution < 1.29 is 0 Å². The molecule has 1 fully saturated rings. The predicted octanol–water partition coefficient (Wildman–Crippen LogP) is 3.61. The van der Waals surface area contributed by atoms with E-state index in [2.05, 4.69) is 28.5 Å². The molecule has 0 aromatic carbocycles. The summed E-state index contributed by atoms with van der Waals surface area (Å²) < 4.78 is 3.73. The van der Waals surface area contributed by atoms with E-state index >= 15 is 0 Å².